The van der Waals surface area contributed by atoms with Crippen LogP contribution in [0.3, 0.4) is 0 Å². The Morgan fingerprint density at radius 2 is 2.14 bits per heavy atom. The van der Waals surface area contributed by atoms with Crippen LogP contribution in [-0.4, -0.2) is 23.4 Å². The number of nitrogens with zero attached hydrogens (tertiary/aromatic N) is 2. The van der Waals surface area contributed by atoms with Crippen LogP contribution >= 0.6 is 11.6 Å². The van der Waals surface area contributed by atoms with E-state index >= 15 is 0 Å². The number of benzene rings is 1. The fourth-order valence-electron chi connectivity index (χ4n) is 2.07. The van der Waals surface area contributed by atoms with Gasteiger partial charge in [0.15, 0.2) is 0 Å². The quantitative estimate of drug-likeness (QED) is 0.920. The molecule has 0 atom stereocenters. The highest BCUT2D eigenvalue weighted by Crippen LogP contribution is 2.31. The SMILES string of the molecule is CCNCc1cc(-c2cc(Cl)ccc2OC)nn(C)c1=O. The molecule has 21 heavy (non-hydrogen) atoms. The molecule has 2 aromatic rings. The van der Waals surface area contributed by atoms with E-state index in [1.165, 1.54) is 4.68 Å². The van der Waals surface area contributed by atoms with Crippen LogP contribution in [0.15, 0.2) is 29.1 Å². The Labute approximate surface area is 128 Å². The van der Waals surface area contributed by atoms with E-state index in [1.807, 2.05) is 6.92 Å². The van der Waals surface area contributed by atoms with Gasteiger partial charge in [-0.25, -0.2) is 4.68 Å². The fourth-order valence-corrected chi connectivity index (χ4v) is 2.24. The van der Waals surface area contributed by atoms with Crippen LogP contribution in [0.5, 0.6) is 5.75 Å². The lowest BCUT2D eigenvalue weighted by Crippen LogP contribution is -2.27. The number of hydrogen-bond acceptors (Lipinski definition) is 4. The third-order valence-electron chi connectivity index (χ3n) is 3.14. The lowest BCUT2D eigenvalue weighted by Gasteiger charge is -2.11. The highest BCUT2D eigenvalue weighted by Gasteiger charge is 2.12. The number of nitrogens with one attached hydrogen (secondary N) is 1. The molecule has 0 unspecified atom stereocenters. The minimum absolute atomic E-state index is 0.110. The van der Waals surface area contributed by atoms with Gasteiger partial charge in [0.1, 0.15) is 5.75 Å². The van der Waals surface area contributed by atoms with Gasteiger partial charge >= 0.3 is 0 Å². The van der Waals surface area contributed by atoms with Crippen molar-refractivity contribution in [2.24, 2.45) is 7.05 Å². The van der Waals surface area contributed by atoms with Crippen LogP contribution in [0.4, 0.5) is 0 Å². The Morgan fingerprint density at radius 3 is 2.81 bits per heavy atom. The molecule has 2 rings (SSSR count). The van der Waals surface area contributed by atoms with Crippen molar-refractivity contribution in [3.8, 4) is 17.0 Å². The first kappa shape index (κ1) is 15.5. The summed E-state index contributed by atoms with van der Waals surface area (Å²) in [6, 6.07) is 7.10. The summed E-state index contributed by atoms with van der Waals surface area (Å²) in [4.78, 5) is 12.1. The lowest BCUT2D eigenvalue weighted by atomic mass is 10.1. The van der Waals surface area contributed by atoms with Gasteiger partial charge in [-0.3, -0.25) is 4.79 Å². The first-order valence-corrected chi connectivity index (χ1v) is 7.06. The van der Waals surface area contributed by atoms with Crippen LogP contribution in [0.25, 0.3) is 11.3 Å². The van der Waals surface area contributed by atoms with Gasteiger partial charge in [0.25, 0.3) is 5.56 Å². The number of aryl methyl sites for hydroxylation is 1. The second-order valence-electron chi connectivity index (χ2n) is 4.61. The van der Waals surface area contributed by atoms with Crippen molar-refractivity contribution in [3.05, 3.63) is 45.2 Å². The van der Waals surface area contributed by atoms with E-state index in [4.69, 9.17) is 16.3 Å². The molecule has 1 aromatic heterocycles. The molecule has 0 bridgehead atoms. The molecule has 0 aliphatic heterocycles. The zero-order chi connectivity index (χ0) is 15.4. The number of hydrogen-bond donors (Lipinski definition) is 1. The summed E-state index contributed by atoms with van der Waals surface area (Å²) >= 11 is 6.05. The molecule has 0 saturated carbocycles. The standard InChI is InChI=1S/C15H18ClN3O2/c1-4-17-9-10-7-13(18-19(2)15(10)20)12-8-11(16)5-6-14(12)21-3/h5-8,17H,4,9H2,1-3H3. The van der Waals surface area contributed by atoms with E-state index in [1.54, 1.807) is 38.4 Å². The maximum atomic E-state index is 12.1. The Hall–Kier alpha value is -1.85. The monoisotopic (exact) mass is 307 g/mol. The molecule has 1 heterocycles. The average Bonchev–Trinajstić information content (AvgIpc) is 2.48. The van der Waals surface area contributed by atoms with Crippen LogP contribution in [-0.2, 0) is 13.6 Å². The number of aromatic nitrogens is 2. The van der Waals surface area contributed by atoms with Crippen LogP contribution < -0.4 is 15.6 Å². The van der Waals surface area contributed by atoms with Crippen LogP contribution in [0.2, 0.25) is 5.02 Å². The van der Waals surface area contributed by atoms with E-state index in [-0.39, 0.29) is 5.56 Å². The predicted molar refractivity (Wildman–Crippen MR) is 83.9 cm³/mol. The molecule has 0 fully saturated rings. The molecule has 112 valence electrons. The third-order valence-corrected chi connectivity index (χ3v) is 3.38. The molecule has 0 spiro atoms. The maximum Gasteiger partial charge on any atom is 0.271 e. The topological polar surface area (TPSA) is 56.1 Å². The van der Waals surface area contributed by atoms with E-state index < -0.39 is 0 Å². The predicted octanol–water partition coefficient (Wildman–Crippen LogP) is 2.22. The van der Waals surface area contributed by atoms with Crippen molar-refractivity contribution < 1.29 is 4.74 Å². The van der Waals surface area contributed by atoms with Crippen molar-refractivity contribution in [3.63, 3.8) is 0 Å². The molecule has 0 radical (unpaired) electrons. The summed E-state index contributed by atoms with van der Waals surface area (Å²) in [7, 11) is 3.23. The second kappa shape index (κ2) is 6.74. The van der Waals surface area contributed by atoms with E-state index in [9.17, 15) is 4.79 Å². The zero-order valence-electron chi connectivity index (χ0n) is 12.3. The van der Waals surface area contributed by atoms with Crippen LogP contribution in [0.1, 0.15) is 12.5 Å². The van der Waals surface area contributed by atoms with E-state index in [0.29, 0.717) is 28.6 Å². The minimum atomic E-state index is -0.110. The van der Waals surface area contributed by atoms with Gasteiger partial charge in [0.2, 0.25) is 0 Å². The van der Waals surface area contributed by atoms with Gasteiger partial charge in [-0.2, -0.15) is 5.10 Å². The van der Waals surface area contributed by atoms with Gasteiger partial charge in [-0.1, -0.05) is 18.5 Å². The van der Waals surface area contributed by atoms with E-state index in [2.05, 4.69) is 10.4 Å². The summed E-state index contributed by atoms with van der Waals surface area (Å²) in [5.74, 6) is 0.667. The molecule has 1 N–H and O–H groups in total. The first-order valence-electron chi connectivity index (χ1n) is 6.68. The largest absolute Gasteiger partial charge is 0.496 e. The Kier molecular flexibility index (Phi) is 4.98. The minimum Gasteiger partial charge on any atom is -0.496 e. The van der Waals surface area contributed by atoms with Gasteiger partial charge in [0, 0.05) is 29.7 Å². The highest BCUT2D eigenvalue weighted by molar-refractivity contribution is 6.30. The summed E-state index contributed by atoms with van der Waals surface area (Å²) in [6.45, 7) is 3.29. The van der Waals surface area contributed by atoms with Crippen molar-refractivity contribution >= 4 is 11.6 Å². The van der Waals surface area contributed by atoms with Gasteiger partial charge in [0.05, 0.1) is 12.8 Å². The summed E-state index contributed by atoms with van der Waals surface area (Å²) in [6.07, 6.45) is 0. The van der Waals surface area contributed by atoms with Gasteiger partial charge < -0.3 is 10.1 Å². The van der Waals surface area contributed by atoms with Gasteiger partial charge in [-0.05, 0) is 30.8 Å². The summed E-state index contributed by atoms with van der Waals surface area (Å²) < 4.78 is 6.68. The second-order valence-corrected chi connectivity index (χ2v) is 5.04. The molecule has 5 nitrogen and oxygen atoms in total. The Balaban J connectivity index is 2.56. The maximum absolute atomic E-state index is 12.1. The van der Waals surface area contributed by atoms with Crippen molar-refractivity contribution in [1.29, 1.82) is 0 Å². The highest BCUT2D eigenvalue weighted by atomic mass is 35.5. The fraction of sp³-hybridized carbons (Fsp3) is 0.333. The number of methoxy groups -OCH3 is 1. The normalized spacial score (nSPS) is 10.7. The summed E-state index contributed by atoms with van der Waals surface area (Å²) in [5.41, 5.74) is 1.97. The number of rotatable bonds is 5. The van der Waals surface area contributed by atoms with Crippen molar-refractivity contribution in [1.82, 2.24) is 15.1 Å². The number of ether oxygens (including phenoxy) is 1. The smallest absolute Gasteiger partial charge is 0.271 e. The number of halogens is 1. The molecule has 6 heteroatoms. The van der Waals surface area contributed by atoms with E-state index in [0.717, 1.165) is 12.1 Å². The molecular formula is C15H18ClN3O2. The van der Waals surface area contributed by atoms with Crippen molar-refractivity contribution in [2.75, 3.05) is 13.7 Å². The average molecular weight is 308 g/mol. The molecule has 0 saturated heterocycles. The lowest BCUT2D eigenvalue weighted by molar-refractivity contribution is 0.416. The molecule has 0 aliphatic rings. The molecule has 0 amide bonds. The first-order chi connectivity index (χ1) is 10.1. The Bertz CT molecular complexity index is 698. The van der Waals surface area contributed by atoms with Gasteiger partial charge in [-0.15, -0.1) is 0 Å². The molecule has 1 aromatic carbocycles. The molecular weight excluding hydrogens is 290 g/mol. The van der Waals surface area contributed by atoms with Crippen LogP contribution in [0, 0.1) is 0 Å². The summed E-state index contributed by atoms with van der Waals surface area (Å²) in [5, 5.41) is 8.04. The zero-order valence-corrected chi connectivity index (χ0v) is 13.1. The Morgan fingerprint density at radius 1 is 1.38 bits per heavy atom. The third kappa shape index (κ3) is 3.43. The molecule has 0 aliphatic carbocycles. The van der Waals surface area contributed by atoms with Crippen molar-refractivity contribution in [2.45, 2.75) is 13.5 Å².